The number of H-pyrrole nitrogens is 1. The van der Waals surface area contributed by atoms with Crippen LogP contribution >= 0.6 is 11.3 Å². The molecule has 9 heteroatoms. The maximum Gasteiger partial charge on any atom is 0.263 e. The number of rotatable bonds is 10. The number of unbranched alkanes of at least 4 members (excludes halogenated alkanes) is 2. The summed E-state index contributed by atoms with van der Waals surface area (Å²) in [5.74, 6) is 0.519. The molecule has 3 aromatic rings. The predicted molar refractivity (Wildman–Crippen MR) is 118 cm³/mol. The van der Waals surface area contributed by atoms with Gasteiger partial charge in [-0.3, -0.25) is 14.6 Å². The van der Waals surface area contributed by atoms with E-state index >= 15 is 0 Å². The molecule has 2 amide bonds. The number of amides is 2. The third kappa shape index (κ3) is 6.23. The molecule has 1 aromatic carbocycles. The number of benzene rings is 1. The largest absolute Gasteiger partial charge is 0.359 e. The smallest absolute Gasteiger partial charge is 0.263 e. The molecule has 0 aliphatic carbocycles. The number of nitriles is 1. The van der Waals surface area contributed by atoms with Gasteiger partial charge in [0, 0.05) is 13.5 Å². The zero-order chi connectivity index (χ0) is 22.1. The predicted octanol–water partition coefficient (Wildman–Crippen LogP) is 3.57. The molecule has 8 nitrogen and oxygen atoms in total. The Morgan fingerprint density at radius 2 is 2.00 bits per heavy atom. The maximum absolute atomic E-state index is 12.6. The third-order valence-corrected chi connectivity index (χ3v) is 5.66. The van der Waals surface area contributed by atoms with Crippen LogP contribution in [0.15, 0.2) is 42.2 Å². The summed E-state index contributed by atoms with van der Waals surface area (Å²) in [6.07, 6.45) is 6.99. The lowest BCUT2D eigenvalue weighted by molar-refractivity contribution is -0.120. The molecule has 0 bridgehead atoms. The topological polar surface area (TPSA) is 124 Å². The van der Waals surface area contributed by atoms with Crippen molar-refractivity contribution < 1.29 is 9.59 Å². The number of carbonyl (C=O) groups is 2. The molecule has 2 heterocycles. The van der Waals surface area contributed by atoms with E-state index in [-0.39, 0.29) is 17.9 Å². The van der Waals surface area contributed by atoms with E-state index in [0.717, 1.165) is 30.5 Å². The summed E-state index contributed by atoms with van der Waals surface area (Å²) in [4.78, 5) is 36.3. The van der Waals surface area contributed by atoms with Crippen molar-refractivity contribution >= 4 is 23.2 Å². The Bertz CT molecular complexity index is 1040. The van der Waals surface area contributed by atoms with E-state index in [2.05, 4.69) is 31.7 Å². The third-order valence-electron chi connectivity index (χ3n) is 4.89. The second-order valence-electron chi connectivity index (χ2n) is 7.04. The second-order valence-corrected chi connectivity index (χ2v) is 7.92. The summed E-state index contributed by atoms with van der Waals surface area (Å²) >= 11 is 1.29. The maximum atomic E-state index is 12.6. The van der Waals surface area contributed by atoms with Crippen molar-refractivity contribution in [2.75, 3.05) is 7.05 Å². The summed E-state index contributed by atoms with van der Waals surface area (Å²) in [6.45, 7) is 0. The van der Waals surface area contributed by atoms with E-state index < -0.39 is 0 Å². The fourth-order valence-electron chi connectivity index (χ4n) is 3.16. The van der Waals surface area contributed by atoms with Crippen LogP contribution in [0.1, 0.15) is 59.2 Å². The Morgan fingerprint density at radius 3 is 2.68 bits per heavy atom. The number of aromatic nitrogens is 3. The first-order valence-electron chi connectivity index (χ1n) is 10.1. The van der Waals surface area contributed by atoms with Crippen LogP contribution in [0.5, 0.6) is 0 Å². The summed E-state index contributed by atoms with van der Waals surface area (Å²) in [5.41, 5.74) is 3.94. The molecular weight excluding hydrogens is 412 g/mol. The molecule has 31 heavy (non-hydrogen) atoms. The molecule has 0 saturated heterocycles. The molecule has 0 radical (unpaired) electrons. The van der Waals surface area contributed by atoms with E-state index in [9.17, 15) is 9.59 Å². The van der Waals surface area contributed by atoms with Gasteiger partial charge in [0.05, 0.1) is 41.3 Å². The van der Waals surface area contributed by atoms with Crippen LogP contribution < -0.4 is 10.6 Å². The molecule has 0 fully saturated rings. The minimum Gasteiger partial charge on any atom is -0.359 e. The van der Waals surface area contributed by atoms with E-state index in [0.29, 0.717) is 29.1 Å². The van der Waals surface area contributed by atoms with Gasteiger partial charge in [0.25, 0.3) is 5.91 Å². The van der Waals surface area contributed by atoms with Crippen molar-refractivity contribution in [3.63, 3.8) is 0 Å². The minimum absolute atomic E-state index is 0.0353. The van der Waals surface area contributed by atoms with Gasteiger partial charge in [-0.2, -0.15) is 5.26 Å². The van der Waals surface area contributed by atoms with Crippen molar-refractivity contribution in [1.82, 2.24) is 25.6 Å². The van der Waals surface area contributed by atoms with Gasteiger partial charge in [-0.1, -0.05) is 25.0 Å². The van der Waals surface area contributed by atoms with Crippen LogP contribution in [-0.2, 0) is 4.79 Å². The monoisotopic (exact) mass is 436 g/mol. The number of hydrogen-bond acceptors (Lipinski definition) is 6. The molecule has 160 valence electrons. The summed E-state index contributed by atoms with van der Waals surface area (Å²) in [7, 11) is 1.63. The second kappa shape index (κ2) is 11.0. The standard InChI is InChI=1S/C22H24N6O2S/c1-24-20(29)6-4-2-3-5-17(28-22(30)19-13-25-14-31-19)21-26-12-18(27-21)16-9-7-15(11-23)8-10-16/h7-10,12-14,17H,2-6H2,1H3,(H,24,29)(H,26,27)(H,28,30)/t17-/m0/s1. The lowest BCUT2D eigenvalue weighted by atomic mass is 10.1. The SMILES string of the molecule is CNC(=O)CCCCC[C@H](NC(=O)c1cncs1)c1ncc(-c2ccc(C#N)cc2)[nH]1. The van der Waals surface area contributed by atoms with E-state index in [1.165, 1.54) is 11.3 Å². The highest BCUT2D eigenvalue weighted by atomic mass is 32.1. The zero-order valence-corrected chi connectivity index (χ0v) is 18.0. The van der Waals surface area contributed by atoms with E-state index in [4.69, 9.17) is 5.26 Å². The van der Waals surface area contributed by atoms with Crippen molar-refractivity contribution in [2.45, 2.75) is 38.1 Å². The highest BCUT2D eigenvalue weighted by Gasteiger charge is 2.20. The first-order valence-corrected chi connectivity index (χ1v) is 10.9. The molecule has 0 unspecified atom stereocenters. The highest BCUT2D eigenvalue weighted by molar-refractivity contribution is 7.11. The number of nitrogens with one attached hydrogen (secondary N) is 3. The Labute approximate surface area is 184 Å². The van der Waals surface area contributed by atoms with Crippen LogP contribution in [0.4, 0.5) is 0 Å². The molecule has 0 aliphatic rings. The highest BCUT2D eigenvalue weighted by Crippen LogP contribution is 2.23. The fourth-order valence-corrected chi connectivity index (χ4v) is 3.68. The average Bonchev–Trinajstić information content (AvgIpc) is 3.50. The lowest BCUT2D eigenvalue weighted by Crippen LogP contribution is -2.28. The van der Waals surface area contributed by atoms with Crippen LogP contribution in [-0.4, -0.2) is 33.8 Å². The molecule has 1 atom stereocenters. The van der Waals surface area contributed by atoms with Gasteiger partial charge < -0.3 is 15.6 Å². The van der Waals surface area contributed by atoms with Gasteiger partial charge in [0.2, 0.25) is 5.91 Å². The van der Waals surface area contributed by atoms with Crippen molar-refractivity contribution in [2.24, 2.45) is 0 Å². The molecule has 0 aliphatic heterocycles. The molecule has 0 saturated carbocycles. The van der Waals surface area contributed by atoms with Gasteiger partial charge in [-0.25, -0.2) is 4.98 Å². The molecular formula is C22H24N6O2S. The number of imidazole rings is 1. The average molecular weight is 437 g/mol. The van der Waals surface area contributed by atoms with E-state index in [1.54, 1.807) is 37.1 Å². The normalized spacial score (nSPS) is 11.5. The van der Waals surface area contributed by atoms with Crippen molar-refractivity contribution in [1.29, 1.82) is 5.26 Å². The Kier molecular flexibility index (Phi) is 7.90. The van der Waals surface area contributed by atoms with E-state index in [1.807, 2.05) is 12.1 Å². The van der Waals surface area contributed by atoms with Crippen molar-refractivity contribution in [3.05, 3.63) is 58.4 Å². The summed E-state index contributed by atoms with van der Waals surface area (Å²) in [6, 6.07) is 9.05. The number of carbonyl (C=O) groups excluding carboxylic acids is 2. The fraction of sp³-hybridized carbons (Fsp3) is 0.318. The number of nitrogens with zero attached hydrogens (tertiary/aromatic N) is 3. The molecule has 3 N–H and O–H groups in total. The van der Waals surface area contributed by atoms with Crippen LogP contribution in [0.25, 0.3) is 11.3 Å². The Hall–Kier alpha value is -3.51. The van der Waals surface area contributed by atoms with Crippen molar-refractivity contribution in [3.8, 4) is 17.3 Å². The Balaban J connectivity index is 1.69. The summed E-state index contributed by atoms with van der Waals surface area (Å²) in [5, 5.41) is 14.6. The van der Waals surface area contributed by atoms with Crippen LogP contribution in [0.2, 0.25) is 0 Å². The Morgan fingerprint density at radius 1 is 1.19 bits per heavy atom. The van der Waals surface area contributed by atoms with Crippen LogP contribution in [0, 0.1) is 11.3 Å². The molecule has 3 rings (SSSR count). The number of hydrogen-bond donors (Lipinski definition) is 3. The lowest BCUT2D eigenvalue weighted by Gasteiger charge is -2.16. The van der Waals surface area contributed by atoms with Gasteiger partial charge >= 0.3 is 0 Å². The summed E-state index contributed by atoms with van der Waals surface area (Å²) < 4.78 is 0. The zero-order valence-electron chi connectivity index (χ0n) is 17.2. The van der Waals surface area contributed by atoms with Crippen LogP contribution in [0.3, 0.4) is 0 Å². The first kappa shape index (κ1) is 22.2. The molecule has 2 aromatic heterocycles. The molecule has 0 spiro atoms. The van der Waals surface area contributed by atoms with Gasteiger partial charge in [-0.05, 0) is 30.5 Å². The first-order chi connectivity index (χ1) is 15.1. The number of aromatic amines is 1. The van der Waals surface area contributed by atoms with Gasteiger partial charge in [0.15, 0.2) is 0 Å². The quantitative estimate of drug-likeness (QED) is 0.419. The van der Waals surface area contributed by atoms with Gasteiger partial charge in [0.1, 0.15) is 10.7 Å². The van der Waals surface area contributed by atoms with Gasteiger partial charge in [-0.15, -0.1) is 11.3 Å². The number of thiazole rings is 1. The minimum atomic E-state index is -0.290.